The van der Waals surface area contributed by atoms with Crippen molar-refractivity contribution in [3.63, 3.8) is 0 Å². The molecule has 0 radical (unpaired) electrons. The number of rotatable bonds is 3. The minimum absolute atomic E-state index is 0.128. The molecule has 0 aliphatic heterocycles. The molecule has 2 rings (SSSR count). The van der Waals surface area contributed by atoms with Gasteiger partial charge >= 0.3 is 0 Å². The number of nitriles is 1. The van der Waals surface area contributed by atoms with Crippen LogP contribution in [0.3, 0.4) is 0 Å². The van der Waals surface area contributed by atoms with Crippen LogP contribution in [0.5, 0.6) is 0 Å². The fourth-order valence-corrected chi connectivity index (χ4v) is 3.53. The summed E-state index contributed by atoms with van der Waals surface area (Å²) in [6.45, 7) is 2.24. The lowest BCUT2D eigenvalue weighted by Crippen LogP contribution is -2.29. The van der Waals surface area contributed by atoms with Crippen LogP contribution in [0.1, 0.15) is 44.0 Å². The Morgan fingerprint density at radius 1 is 1.69 bits per heavy atom. The number of thiazole rings is 1. The van der Waals surface area contributed by atoms with Gasteiger partial charge in [-0.1, -0.05) is 26.2 Å². The molecular formula is C13H18N2S. The number of hydrogen-bond donors (Lipinski definition) is 0. The van der Waals surface area contributed by atoms with Crippen LogP contribution in [0.2, 0.25) is 0 Å². The molecule has 86 valence electrons. The normalized spacial score (nSPS) is 29.9. The van der Waals surface area contributed by atoms with E-state index >= 15 is 0 Å². The van der Waals surface area contributed by atoms with Crippen molar-refractivity contribution in [2.24, 2.45) is 11.3 Å². The van der Waals surface area contributed by atoms with Crippen LogP contribution in [0.4, 0.5) is 0 Å². The van der Waals surface area contributed by atoms with Crippen molar-refractivity contribution < 1.29 is 0 Å². The standard InChI is InChI=1S/C13H18N2S/c1-2-11-4-3-5-13(8-11,10-14)9-12-15-6-7-16-12/h6-7,11H,2-5,8-9H2,1H3. The van der Waals surface area contributed by atoms with Gasteiger partial charge in [0.15, 0.2) is 0 Å². The van der Waals surface area contributed by atoms with E-state index in [9.17, 15) is 5.26 Å². The molecule has 0 spiro atoms. The van der Waals surface area contributed by atoms with Crippen LogP contribution >= 0.6 is 11.3 Å². The van der Waals surface area contributed by atoms with Gasteiger partial charge in [0.05, 0.1) is 16.5 Å². The molecule has 0 saturated heterocycles. The molecule has 0 N–H and O–H groups in total. The van der Waals surface area contributed by atoms with E-state index in [0.29, 0.717) is 0 Å². The van der Waals surface area contributed by atoms with Gasteiger partial charge in [-0.05, 0) is 18.8 Å². The number of aromatic nitrogens is 1. The summed E-state index contributed by atoms with van der Waals surface area (Å²) in [4.78, 5) is 4.32. The van der Waals surface area contributed by atoms with E-state index in [1.807, 2.05) is 11.6 Å². The molecule has 3 heteroatoms. The van der Waals surface area contributed by atoms with E-state index in [-0.39, 0.29) is 5.41 Å². The molecule has 1 aromatic rings. The van der Waals surface area contributed by atoms with Crippen LogP contribution in [-0.2, 0) is 6.42 Å². The third-order valence-electron chi connectivity index (χ3n) is 3.73. The Hall–Kier alpha value is -0.880. The van der Waals surface area contributed by atoms with Gasteiger partial charge in [-0.2, -0.15) is 5.26 Å². The van der Waals surface area contributed by atoms with Crippen molar-refractivity contribution >= 4 is 11.3 Å². The quantitative estimate of drug-likeness (QED) is 0.797. The van der Waals surface area contributed by atoms with Gasteiger partial charge in [-0.25, -0.2) is 4.98 Å². The average molecular weight is 234 g/mol. The molecule has 2 nitrogen and oxygen atoms in total. The summed E-state index contributed by atoms with van der Waals surface area (Å²) in [5, 5.41) is 12.6. The summed E-state index contributed by atoms with van der Waals surface area (Å²) in [6.07, 6.45) is 8.54. The van der Waals surface area contributed by atoms with Crippen LogP contribution < -0.4 is 0 Å². The van der Waals surface area contributed by atoms with E-state index in [1.54, 1.807) is 11.3 Å². The Bertz CT molecular complexity index is 366. The maximum absolute atomic E-state index is 9.48. The predicted molar refractivity (Wildman–Crippen MR) is 66.1 cm³/mol. The average Bonchev–Trinajstić information content (AvgIpc) is 2.82. The molecule has 1 aliphatic carbocycles. The highest BCUT2D eigenvalue weighted by atomic mass is 32.1. The van der Waals surface area contributed by atoms with Gasteiger partial charge in [0.2, 0.25) is 0 Å². The Morgan fingerprint density at radius 3 is 3.19 bits per heavy atom. The number of nitrogens with zero attached hydrogens (tertiary/aromatic N) is 2. The van der Waals surface area contributed by atoms with Crippen molar-refractivity contribution in [3.8, 4) is 6.07 Å². The van der Waals surface area contributed by atoms with Crippen LogP contribution in [0.15, 0.2) is 11.6 Å². The van der Waals surface area contributed by atoms with Gasteiger partial charge < -0.3 is 0 Å². The molecule has 0 aromatic carbocycles. The van der Waals surface area contributed by atoms with Crippen LogP contribution in [0, 0.1) is 22.7 Å². The molecule has 16 heavy (non-hydrogen) atoms. The van der Waals surface area contributed by atoms with E-state index in [2.05, 4.69) is 18.0 Å². The van der Waals surface area contributed by atoms with Gasteiger partial charge in [-0.3, -0.25) is 0 Å². The highest BCUT2D eigenvalue weighted by molar-refractivity contribution is 7.09. The van der Waals surface area contributed by atoms with Gasteiger partial charge in [-0.15, -0.1) is 11.3 Å². The molecule has 0 amide bonds. The van der Waals surface area contributed by atoms with E-state index < -0.39 is 0 Å². The Kier molecular flexibility index (Phi) is 3.60. The zero-order valence-electron chi connectivity index (χ0n) is 9.78. The summed E-state index contributed by atoms with van der Waals surface area (Å²) in [7, 11) is 0. The third-order valence-corrected chi connectivity index (χ3v) is 4.51. The van der Waals surface area contributed by atoms with Gasteiger partial charge in [0.1, 0.15) is 0 Å². The molecule has 1 saturated carbocycles. The fourth-order valence-electron chi connectivity index (χ4n) is 2.77. The highest BCUT2D eigenvalue weighted by Gasteiger charge is 2.36. The lowest BCUT2D eigenvalue weighted by molar-refractivity contribution is 0.194. The molecule has 1 aliphatic rings. The van der Waals surface area contributed by atoms with Crippen molar-refractivity contribution in [2.45, 2.75) is 45.4 Å². The summed E-state index contributed by atoms with van der Waals surface area (Å²) < 4.78 is 0. The van der Waals surface area contributed by atoms with Crippen molar-refractivity contribution in [1.29, 1.82) is 5.26 Å². The first kappa shape index (κ1) is 11.6. The largest absolute Gasteiger partial charge is 0.250 e. The minimum atomic E-state index is -0.128. The SMILES string of the molecule is CCC1CCCC(C#N)(Cc2nccs2)C1. The first-order valence-electron chi connectivity index (χ1n) is 6.07. The second-order valence-electron chi connectivity index (χ2n) is 4.87. The number of hydrogen-bond acceptors (Lipinski definition) is 3. The van der Waals surface area contributed by atoms with Gasteiger partial charge in [0, 0.05) is 18.0 Å². The first-order valence-corrected chi connectivity index (χ1v) is 6.95. The molecule has 0 bridgehead atoms. The smallest absolute Gasteiger partial charge is 0.0940 e. The van der Waals surface area contributed by atoms with Crippen molar-refractivity contribution in [2.75, 3.05) is 0 Å². The molecule has 1 fully saturated rings. The summed E-state index contributed by atoms with van der Waals surface area (Å²) in [6, 6.07) is 2.59. The monoisotopic (exact) mass is 234 g/mol. The molecule has 2 atom stereocenters. The second kappa shape index (κ2) is 4.97. The van der Waals surface area contributed by atoms with Crippen LogP contribution in [0.25, 0.3) is 0 Å². The summed E-state index contributed by atoms with van der Waals surface area (Å²) in [5.74, 6) is 0.744. The minimum Gasteiger partial charge on any atom is -0.250 e. The first-order chi connectivity index (χ1) is 7.78. The maximum atomic E-state index is 9.48. The Balaban J connectivity index is 2.10. The second-order valence-corrected chi connectivity index (χ2v) is 5.84. The Labute approximate surface area is 101 Å². The summed E-state index contributed by atoms with van der Waals surface area (Å²) in [5.41, 5.74) is -0.128. The molecule has 1 aromatic heterocycles. The van der Waals surface area contributed by atoms with E-state index in [1.165, 1.54) is 19.3 Å². The highest BCUT2D eigenvalue weighted by Crippen LogP contribution is 2.42. The van der Waals surface area contributed by atoms with E-state index in [0.717, 1.165) is 30.2 Å². The summed E-state index contributed by atoms with van der Waals surface area (Å²) >= 11 is 1.68. The molecular weight excluding hydrogens is 216 g/mol. The zero-order chi connectivity index (χ0) is 11.4. The Morgan fingerprint density at radius 2 is 2.56 bits per heavy atom. The van der Waals surface area contributed by atoms with Crippen molar-refractivity contribution in [3.05, 3.63) is 16.6 Å². The zero-order valence-corrected chi connectivity index (χ0v) is 10.6. The lowest BCUT2D eigenvalue weighted by atomic mass is 9.68. The fraction of sp³-hybridized carbons (Fsp3) is 0.692. The van der Waals surface area contributed by atoms with Crippen LogP contribution in [-0.4, -0.2) is 4.98 Å². The lowest BCUT2D eigenvalue weighted by Gasteiger charge is -2.34. The van der Waals surface area contributed by atoms with Crippen molar-refractivity contribution in [1.82, 2.24) is 4.98 Å². The van der Waals surface area contributed by atoms with Gasteiger partial charge in [0.25, 0.3) is 0 Å². The predicted octanol–water partition coefficient (Wildman–Crippen LogP) is 3.80. The molecule has 1 heterocycles. The van der Waals surface area contributed by atoms with E-state index in [4.69, 9.17) is 0 Å². The maximum Gasteiger partial charge on any atom is 0.0940 e. The molecule has 2 unspecified atom stereocenters. The topological polar surface area (TPSA) is 36.7 Å². The third kappa shape index (κ3) is 2.44.